The lowest BCUT2D eigenvalue weighted by molar-refractivity contribution is -0.178. The first-order chi connectivity index (χ1) is 11.8. The second kappa shape index (κ2) is 4.92. The van der Waals surface area contributed by atoms with Gasteiger partial charge in [-0.3, -0.25) is 0 Å². The number of phenols is 2. The van der Waals surface area contributed by atoms with Gasteiger partial charge in [0.05, 0.1) is 12.2 Å². The summed E-state index contributed by atoms with van der Waals surface area (Å²) in [6.07, 6.45) is 5.73. The van der Waals surface area contributed by atoms with E-state index in [0.29, 0.717) is 17.8 Å². The van der Waals surface area contributed by atoms with Gasteiger partial charge in [0.2, 0.25) is 0 Å². The van der Waals surface area contributed by atoms with Gasteiger partial charge in [0, 0.05) is 11.6 Å². The predicted octanol–water partition coefficient (Wildman–Crippen LogP) is 4.08. The molecule has 2 N–H and O–H groups in total. The molecule has 4 nitrogen and oxygen atoms in total. The Bertz CT molecular complexity index is 727. The zero-order chi connectivity index (χ0) is 17.6. The highest BCUT2D eigenvalue weighted by Gasteiger charge is 2.63. The molecule has 0 bridgehead atoms. The van der Waals surface area contributed by atoms with E-state index in [2.05, 4.69) is 6.92 Å². The number of aryl methyl sites for hydroxylation is 1. The lowest BCUT2D eigenvalue weighted by Gasteiger charge is -2.50. The topological polar surface area (TPSA) is 58.9 Å². The summed E-state index contributed by atoms with van der Waals surface area (Å²) in [5, 5.41) is 20.3. The van der Waals surface area contributed by atoms with Crippen LogP contribution in [0.4, 0.5) is 0 Å². The van der Waals surface area contributed by atoms with Crippen molar-refractivity contribution in [1.82, 2.24) is 0 Å². The molecule has 2 saturated carbocycles. The van der Waals surface area contributed by atoms with Gasteiger partial charge in [-0.25, -0.2) is 0 Å². The van der Waals surface area contributed by atoms with Crippen LogP contribution in [-0.2, 0) is 15.9 Å². The Hall–Kier alpha value is -1.26. The largest absolute Gasteiger partial charge is 0.508 e. The predicted molar refractivity (Wildman–Crippen MR) is 93.6 cm³/mol. The second-order valence-electron chi connectivity index (χ2n) is 9.33. The number of ether oxygens (including phenoxy) is 2. The third-order valence-electron chi connectivity index (χ3n) is 7.54. The van der Waals surface area contributed by atoms with Gasteiger partial charge in [0.25, 0.3) is 0 Å². The minimum absolute atomic E-state index is 0.170. The monoisotopic (exact) mass is 344 g/mol. The molecule has 136 valence electrons. The maximum atomic E-state index is 10.5. The van der Waals surface area contributed by atoms with Crippen LogP contribution in [0.5, 0.6) is 11.5 Å². The number of rotatable bonds is 0. The molecule has 1 aromatic carbocycles. The third-order valence-corrected chi connectivity index (χ3v) is 7.54. The molecule has 1 aliphatic heterocycles. The molecule has 6 atom stereocenters. The van der Waals surface area contributed by atoms with Gasteiger partial charge in [0.1, 0.15) is 11.5 Å². The van der Waals surface area contributed by atoms with Crippen molar-refractivity contribution in [3.63, 3.8) is 0 Å². The van der Waals surface area contributed by atoms with Crippen molar-refractivity contribution in [3.05, 3.63) is 23.3 Å². The summed E-state index contributed by atoms with van der Waals surface area (Å²) in [6, 6.07) is 3.35. The van der Waals surface area contributed by atoms with Crippen LogP contribution in [0.25, 0.3) is 0 Å². The van der Waals surface area contributed by atoms with Gasteiger partial charge in [-0.05, 0) is 80.8 Å². The van der Waals surface area contributed by atoms with E-state index in [0.717, 1.165) is 43.2 Å². The van der Waals surface area contributed by atoms with Crippen LogP contribution in [0, 0.1) is 17.3 Å². The van der Waals surface area contributed by atoms with Crippen molar-refractivity contribution in [1.29, 1.82) is 0 Å². The van der Waals surface area contributed by atoms with Crippen LogP contribution in [-0.4, -0.2) is 28.2 Å². The molecule has 3 fully saturated rings. The molecule has 0 spiro atoms. The molecule has 5 rings (SSSR count). The van der Waals surface area contributed by atoms with Gasteiger partial charge >= 0.3 is 0 Å². The Balaban J connectivity index is 1.50. The summed E-state index contributed by atoms with van der Waals surface area (Å²) in [7, 11) is 0. The lowest BCUT2D eigenvalue weighted by Crippen LogP contribution is -2.45. The molecule has 4 aliphatic rings. The molecule has 0 aromatic heterocycles. The number of hydrogen-bond acceptors (Lipinski definition) is 4. The van der Waals surface area contributed by atoms with Gasteiger partial charge in [0.15, 0.2) is 5.79 Å². The number of hydrogen-bond donors (Lipinski definition) is 2. The average Bonchev–Trinajstić information content (AvgIpc) is 2.97. The van der Waals surface area contributed by atoms with Crippen LogP contribution in [0.3, 0.4) is 0 Å². The number of fused-ring (bicyclic) bond motifs is 7. The summed E-state index contributed by atoms with van der Waals surface area (Å²) >= 11 is 0. The van der Waals surface area contributed by atoms with Crippen LogP contribution in [0.1, 0.15) is 63.5 Å². The Labute approximate surface area is 149 Å². The fourth-order valence-electron chi connectivity index (χ4n) is 6.65. The molecule has 25 heavy (non-hydrogen) atoms. The summed E-state index contributed by atoms with van der Waals surface area (Å²) in [5.41, 5.74) is 2.40. The molecule has 1 heterocycles. The third kappa shape index (κ3) is 2.13. The molecule has 0 radical (unpaired) electrons. The average molecular weight is 344 g/mol. The van der Waals surface area contributed by atoms with Crippen LogP contribution in [0.2, 0.25) is 0 Å². The van der Waals surface area contributed by atoms with Crippen molar-refractivity contribution in [2.24, 2.45) is 17.3 Å². The molecule has 1 saturated heterocycles. The first-order valence-electron chi connectivity index (χ1n) is 9.69. The lowest BCUT2D eigenvalue weighted by atomic mass is 9.55. The SMILES string of the molecule is CC1(C)O[C@@H]2[C@@H](C[C@H]3[C@H]4CCc5cc(O)cc(O)c5[C@H]4CC[C@]23C)O1. The van der Waals surface area contributed by atoms with E-state index in [1.807, 2.05) is 19.9 Å². The fourth-order valence-corrected chi connectivity index (χ4v) is 6.65. The van der Waals surface area contributed by atoms with E-state index < -0.39 is 5.79 Å². The number of phenolic OH excluding ortho intramolecular Hbond substituents is 2. The quantitative estimate of drug-likeness (QED) is 0.744. The van der Waals surface area contributed by atoms with E-state index in [4.69, 9.17) is 9.47 Å². The maximum absolute atomic E-state index is 10.5. The molecule has 3 aliphatic carbocycles. The van der Waals surface area contributed by atoms with Crippen molar-refractivity contribution in [2.75, 3.05) is 0 Å². The van der Waals surface area contributed by atoms with E-state index in [9.17, 15) is 10.2 Å². The summed E-state index contributed by atoms with van der Waals surface area (Å²) in [5.74, 6) is 1.54. The molecule has 0 unspecified atom stereocenters. The maximum Gasteiger partial charge on any atom is 0.163 e. The molecular formula is C21H28O4. The Morgan fingerprint density at radius 1 is 1.08 bits per heavy atom. The highest BCUT2D eigenvalue weighted by Crippen LogP contribution is 2.64. The first kappa shape index (κ1) is 16.0. The van der Waals surface area contributed by atoms with Gasteiger partial charge in [-0.15, -0.1) is 0 Å². The van der Waals surface area contributed by atoms with Crippen LogP contribution in [0.15, 0.2) is 12.1 Å². The smallest absolute Gasteiger partial charge is 0.163 e. The molecular weight excluding hydrogens is 316 g/mol. The minimum Gasteiger partial charge on any atom is -0.508 e. The molecule has 4 heteroatoms. The van der Waals surface area contributed by atoms with Crippen LogP contribution < -0.4 is 0 Å². The summed E-state index contributed by atoms with van der Waals surface area (Å²) in [4.78, 5) is 0. The number of benzene rings is 1. The first-order valence-corrected chi connectivity index (χ1v) is 9.69. The van der Waals surface area contributed by atoms with E-state index in [1.165, 1.54) is 6.07 Å². The van der Waals surface area contributed by atoms with Gasteiger partial charge in [-0.2, -0.15) is 0 Å². The summed E-state index contributed by atoms with van der Waals surface area (Å²) in [6.45, 7) is 6.45. The van der Waals surface area contributed by atoms with Crippen molar-refractivity contribution in [3.8, 4) is 11.5 Å². The van der Waals surface area contributed by atoms with Gasteiger partial charge in [-0.1, -0.05) is 6.92 Å². The minimum atomic E-state index is -0.463. The Morgan fingerprint density at radius 3 is 2.68 bits per heavy atom. The zero-order valence-electron chi connectivity index (χ0n) is 15.3. The van der Waals surface area contributed by atoms with E-state index in [-0.39, 0.29) is 29.1 Å². The van der Waals surface area contributed by atoms with Crippen molar-refractivity contribution in [2.45, 2.75) is 76.8 Å². The fraction of sp³-hybridized carbons (Fsp3) is 0.714. The van der Waals surface area contributed by atoms with Crippen molar-refractivity contribution >= 4 is 0 Å². The Morgan fingerprint density at radius 2 is 1.88 bits per heavy atom. The summed E-state index contributed by atoms with van der Waals surface area (Å²) < 4.78 is 12.5. The van der Waals surface area contributed by atoms with Crippen LogP contribution >= 0.6 is 0 Å². The van der Waals surface area contributed by atoms with E-state index >= 15 is 0 Å². The highest BCUT2D eigenvalue weighted by atomic mass is 16.8. The van der Waals surface area contributed by atoms with E-state index in [1.54, 1.807) is 0 Å². The number of aromatic hydroxyl groups is 2. The zero-order valence-corrected chi connectivity index (χ0v) is 15.3. The normalized spacial score (nSPS) is 43.9. The molecule has 1 aromatic rings. The molecule has 0 amide bonds. The van der Waals surface area contributed by atoms with Gasteiger partial charge < -0.3 is 19.7 Å². The standard InChI is InChI=1S/C21H28O4/c1-20(2)24-17-10-15-13-5-4-11-8-12(22)9-16(23)18(11)14(13)6-7-21(15,3)19(17)25-20/h8-9,13-15,17,19,22-23H,4-7,10H2,1-3H3/t13-,14-,15-,17+,19+,21-/m0/s1. The second-order valence-corrected chi connectivity index (χ2v) is 9.33. The highest BCUT2D eigenvalue weighted by molar-refractivity contribution is 5.49. The van der Waals surface area contributed by atoms with Crippen molar-refractivity contribution < 1.29 is 19.7 Å². The Kier molecular flexibility index (Phi) is 3.14.